The molecule has 1 heterocycles. The Morgan fingerprint density at radius 1 is 1.31 bits per heavy atom. The summed E-state index contributed by atoms with van der Waals surface area (Å²) in [7, 11) is 0. The summed E-state index contributed by atoms with van der Waals surface area (Å²) in [6.07, 6.45) is -4.37. The second-order valence-electron chi connectivity index (χ2n) is 7.41. The van der Waals surface area contributed by atoms with Crippen molar-refractivity contribution in [2.45, 2.75) is 44.6 Å². The first-order valence-electron chi connectivity index (χ1n) is 8.59. The van der Waals surface area contributed by atoms with Crippen LogP contribution in [0.5, 0.6) is 0 Å². The van der Waals surface area contributed by atoms with Gasteiger partial charge in [0.2, 0.25) is 0 Å². The van der Waals surface area contributed by atoms with Gasteiger partial charge in [0, 0.05) is 32.2 Å². The summed E-state index contributed by atoms with van der Waals surface area (Å²) in [5, 5.41) is 3.13. The molecule has 1 aliphatic heterocycles. The predicted molar refractivity (Wildman–Crippen MR) is 92.4 cm³/mol. The van der Waals surface area contributed by atoms with Crippen molar-refractivity contribution in [1.29, 1.82) is 0 Å². The molecule has 0 saturated carbocycles. The van der Waals surface area contributed by atoms with Crippen LogP contribution in [-0.4, -0.2) is 48.7 Å². The number of nitrogens with one attached hydrogen (secondary N) is 1. The van der Waals surface area contributed by atoms with Crippen LogP contribution in [0.4, 0.5) is 13.2 Å². The van der Waals surface area contributed by atoms with E-state index in [1.54, 1.807) is 20.8 Å². The minimum Gasteiger partial charge on any atom is -0.459 e. The maximum atomic E-state index is 12.7. The van der Waals surface area contributed by atoms with E-state index in [4.69, 9.17) is 10.5 Å². The highest BCUT2D eigenvalue weighted by atomic mass is 19.4. The average molecular weight is 373 g/mol. The van der Waals surface area contributed by atoms with Crippen LogP contribution in [0.2, 0.25) is 0 Å². The minimum atomic E-state index is -4.37. The highest BCUT2D eigenvalue weighted by Crippen LogP contribution is 2.31. The first-order valence-corrected chi connectivity index (χ1v) is 8.59. The summed E-state index contributed by atoms with van der Waals surface area (Å²) in [6.45, 7) is 7.25. The maximum Gasteiger partial charge on any atom is 0.416 e. The van der Waals surface area contributed by atoms with Crippen molar-refractivity contribution in [3.8, 4) is 0 Å². The Morgan fingerprint density at radius 2 is 1.92 bits per heavy atom. The SMILES string of the molecule is CC(C)(C)OC(=O)C1CN(C(CN)c2ccc(C(F)(F)F)cc2)CCN1. The summed E-state index contributed by atoms with van der Waals surface area (Å²) < 4.78 is 43.6. The molecule has 146 valence electrons. The van der Waals surface area contributed by atoms with E-state index in [0.717, 1.165) is 12.1 Å². The Balaban J connectivity index is 2.10. The Hall–Kier alpha value is -1.64. The number of nitrogens with two attached hydrogens (primary N) is 1. The van der Waals surface area contributed by atoms with Gasteiger partial charge in [-0.3, -0.25) is 9.69 Å². The van der Waals surface area contributed by atoms with Crippen molar-refractivity contribution in [1.82, 2.24) is 10.2 Å². The molecule has 0 amide bonds. The van der Waals surface area contributed by atoms with Crippen LogP contribution in [0.1, 0.15) is 37.9 Å². The molecule has 1 aromatic carbocycles. The van der Waals surface area contributed by atoms with Gasteiger partial charge >= 0.3 is 12.1 Å². The standard InChI is InChI=1S/C18H26F3N3O2/c1-17(2,3)26-16(25)14-11-24(9-8-23-14)15(10-22)12-4-6-13(7-5-12)18(19,20)21/h4-7,14-15,23H,8-11,22H2,1-3H3. The number of benzene rings is 1. The number of halogens is 3. The van der Waals surface area contributed by atoms with Crippen LogP contribution in [0, 0.1) is 0 Å². The summed E-state index contributed by atoms with van der Waals surface area (Å²) in [5.41, 5.74) is 5.31. The van der Waals surface area contributed by atoms with Gasteiger partial charge in [-0.2, -0.15) is 13.2 Å². The third-order valence-corrected chi connectivity index (χ3v) is 4.18. The van der Waals surface area contributed by atoms with Crippen LogP contribution in [0.3, 0.4) is 0 Å². The van der Waals surface area contributed by atoms with Gasteiger partial charge in [0.25, 0.3) is 0 Å². The molecule has 2 unspecified atom stereocenters. The molecule has 8 heteroatoms. The van der Waals surface area contributed by atoms with E-state index in [2.05, 4.69) is 5.32 Å². The van der Waals surface area contributed by atoms with E-state index < -0.39 is 23.4 Å². The molecular formula is C18H26F3N3O2. The zero-order chi connectivity index (χ0) is 19.5. The molecule has 1 saturated heterocycles. The monoisotopic (exact) mass is 373 g/mol. The minimum absolute atomic E-state index is 0.242. The number of ether oxygens (including phenoxy) is 1. The van der Waals surface area contributed by atoms with Crippen LogP contribution >= 0.6 is 0 Å². The largest absolute Gasteiger partial charge is 0.459 e. The van der Waals surface area contributed by atoms with Gasteiger partial charge in [-0.05, 0) is 38.5 Å². The molecular weight excluding hydrogens is 347 g/mol. The molecule has 2 atom stereocenters. The fraction of sp³-hybridized carbons (Fsp3) is 0.611. The lowest BCUT2D eigenvalue weighted by Crippen LogP contribution is -2.56. The maximum absolute atomic E-state index is 12.7. The number of alkyl halides is 3. The molecule has 0 spiro atoms. The number of nitrogens with zero attached hydrogens (tertiary/aromatic N) is 1. The van der Waals surface area contributed by atoms with Crippen molar-refractivity contribution in [2.75, 3.05) is 26.2 Å². The number of carbonyl (C=O) groups excluding carboxylic acids is 1. The van der Waals surface area contributed by atoms with Gasteiger partial charge < -0.3 is 15.8 Å². The summed E-state index contributed by atoms with van der Waals surface area (Å²) in [6, 6.07) is 4.27. The van der Waals surface area contributed by atoms with Gasteiger partial charge in [0.1, 0.15) is 11.6 Å². The lowest BCUT2D eigenvalue weighted by atomic mass is 10.0. The van der Waals surface area contributed by atoms with Crippen molar-refractivity contribution >= 4 is 5.97 Å². The normalized spacial score (nSPS) is 20.7. The second kappa shape index (κ2) is 7.94. The second-order valence-corrected chi connectivity index (χ2v) is 7.41. The fourth-order valence-corrected chi connectivity index (χ4v) is 2.98. The van der Waals surface area contributed by atoms with E-state index in [1.165, 1.54) is 12.1 Å². The van der Waals surface area contributed by atoms with Crippen molar-refractivity contribution in [3.63, 3.8) is 0 Å². The molecule has 1 fully saturated rings. The number of piperazine rings is 1. The average Bonchev–Trinajstić information content (AvgIpc) is 2.54. The summed E-state index contributed by atoms with van der Waals surface area (Å²) in [4.78, 5) is 14.3. The van der Waals surface area contributed by atoms with Gasteiger partial charge in [0.05, 0.1) is 5.56 Å². The zero-order valence-corrected chi connectivity index (χ0v) is 15.3. The van der Waals surface area contributed by atoms with E-state index in [9.17, 15) is 18.0 Å². The van der Waals surface area contributed by atoms with E-state index >= 15 is 0 Å². The van der Waals surface area contributed by atoms with Crippen LogP contribution in [0.25, 0.3) is 0 Å². The van der Waals surface area contributed by atoms with Gasteiger partial charge in [-0.1, -0.05) is 12.1 Å². The van der Waals surface area contributed by atoms with E-state index in [0.29, 0.717) is 25.2 Å². The van der Waals surface area contributed by atoms with E-state index in [-0.39, 0.29) is 18.6 Å². The quantitative estimate of drug-likeness (QED) is 0.793. The van der Waals surface area contributed by atoms with Crippen molar-refractivity contribution in [3.05, 3.63) is 35.4 Å². The number of rotatable bonds is 4. The van der Waals surface area contributed by atoms with Crippen molar-refractivity contribution in [2.24, 2.45) is 5.73 Å². The summed E-state index contributed by atoms with van der Waals surface area (Å²) in [5.74, 6) is -0.342. The summed E-state index contributed by atoms with van der Waals surface area (Å²) >= 11 is 0. The third-order valence-electron chi connectivity index (χ3n) is 4.18. The Bertz CT molecular complexity index is 612. The molecule has 1 aromatic rings. The molecule has 2 rings (SSSR count). The Kier molecular flexibility index (Phi) is 6.31. The molecule has 0 aromatic heterocycles. The number of hydrogen-bond acceptors (Lipinski definition) is 5. The lowest BCUT2D eigenvalue weighted by molar-refractivity contribution is -0.159. The predicted octanol–water partition coefficient (Wildman–Crippen LogP) is 2.32. The fourth-order valence-electron chi connectivity index (χ4n) is 2.98. The van der Waals surface area contributed by atoms with Gasteiger partial charge in [0.15, 0.2) is 0 Å². The molecule has 0 bridgehead atoms. The van der Waals surface area contributed by atoms with E-state index in [1.807, 2.05) is 4.90 Å². The molecule has 1 aliphatic rings. The topological polar surface area (TPSA) is 67.6 Å². The van der Waals surface area contributed by atoms with Crippen molar-refractivity contribution < 1.29 is 22.7 Å². The first kappa shape index (κ1) is 20.7. The number of hydrogen-bond donors (Lipinski definition) is 2. The van der Waals surface area contributed by atoms with Crippen LogP contribution in [-0.2, 0) is 15.7 Å². The smallest absolute Gasteiger partial charge is 0.416 e. The molecule has 26 heavy (non-hydrogen) atoms. The zero-order valence-electron chi connectivity index (χ0n) is 15.3. The van der Waals surface area contributed by atoms with Crippen LogP contribution < -0.4 is 11.1 Å². The lowest BCUT2D eigenvalue weighted by Gasteiger charge is -2.38. The molecule has 0 radical (unpaired) electrons. The highest BCUT2D eigenvalue weighted by Gasteiger charge is 2.33. The highest BCUT2D eigenvalue weighted by molar-refractivity contribution is 5.76. The molecule has 0 aliphatic carbocycles. The van der Waals surface area contributed by atoms with Crippen LogP contribution in [0.15, 0.2) is 24.3 Å². The van der Waals surface area contributed by atoms with Gasteiger partial charge in [-0.15, -0.1) is 0 Å². The molecule has 3 N–H and O–H groups in total. The first-order chi connectivity index (χ1) is 12.0. The molecule has 5 nitrogen and oxygen atoms in total. The number of carbonyl (C=O) groups is 1. The Morgan fingerprint density at radius 3 is 2.42 bits per heavy atom. The Labute approximate surface area is 151 Å². The number of esters is 1. The van der Waals surface area contributed by atoms with Gasteiger partial charge in [-0.25, -0.2) is 0 Å². The third kappa shape index (κ3) is 5.43.